The molecule has 0 N–H and O–H groups in total. The molecular weight excluding hydrogens is 340 g/mol. The zero-order chi connectivity index (χ0) is 18.7. The molecule has 1 fully saturated rings. The topological polar surface area (TPSA) is 99.0 Å². The van der Waals surface area contributed by atoms with E-state index >= 15 is 0 Å². The van der Waals surface area contributed by atoms with Gasteiger partial charge in [-0.2, -0.15) is 0 Å². The van der Waals surface area contributed by atoms with Gasteiger partial charge in [0.1, 0.15) is 18.6 Å². The Kier molecular flexibility index (Phi) is 5.20. The van der Waals surface area contributed by atoms with Gasteiger partial charge >= 0.3 is 12.1 Å². The molecule has 1 saturated heterocycles. The third-order valence-electron chi connectivity index (χ3n) is 4.74. The van der Waals surface area contributed by atoms with E-state index < -0.39 is 41.0 Å². The number of carbonyl (C=O) groups is 2. The highest BCUT2D eigenvalue weighted by molar-refractivity contribution is 5.75. The molecule has 0 saturated carbocycles. The number of esters is 1. The average molecular weight is 360 g/mol. The molecule has 1 amide bonds. The Balaban J connectivity index is 1.95. The number of cyclic esters (lactones) is 1. The first-order valence-electron chi connectivity index (χ1n) is 8.51. The monoisotopic (exact) mass is 360 g/mol. The SMILES string of the molecule is CCOC(=O)[C@H]1CC=C[C@@H](N2C(=O)OC[C@H]2c2ccccc2)[C@H]1[N+](=O)[O-]. The number of rotatable bonds is 5. The molecule has 1 aromatic carbocycles. The molecular formula is C18H20N2O6. The summed E-state index contributed by atoms with van der Waals surface area (Å²) < 4.78 is 10.2. The van der Waals surface area contributed by atoms with E-state index in [0.29, 0.717) is 0 Å². The fourth-order valence-corrected chi connectivity index (χ4v) is 3.56. The molecule has 0 radical (unpaired) electrons. The van der Waals surface area contributed by atoms with Gasteiger partial charge in [0.2, 0.25) is 6.04 Å². The molecule has 1 aliphatic carbocycles. The molecule has 8 heteroatoms. The van der Waals surface area contributed by atoms with Crippen molar-refractivity contribution in [2.75, 3.05) is 13.2 Å². The van der Waals surface area contributed by atoms with Crippen LogP contribution in [0.2, 0.25) is 0 Å². The van der Waals surface area contributed by atoms with Crippen LogP contribution in [0.25, 0.3) is 0 Å². The summed E-state index contributed by atoms with van der Waals surface area (Å²) >= 11 is 0. The zero-order valence-corrected chi connectivity index (χ0v) is 14.3. The van der Waals surface area contributed by atoms with Crippen molar-refractivity contribution in [3.63, 3.8) is 0 Å². The maximum absolute atomic E-state index is 12.4. The normalized spacial score (nSPS) is 27.9. The number of hydrogen-bond acceptors (Lipinski definition) is 6. The van der Waals surface area contributed by atoms with Crippen LogP contribution in [0.3, 0.4) is 0 Å². The molecule has 1 aromatic rings. The summed E-state index contributed by atoms with van der Waals surface area (Å²) in [5.41, 5.74) is 0.826. The van der Waals surface area contributed by atoms with E-state index in [1.54, 1.807) is 19.1 Å². The Bertz CT molecular complexity index is 720. The van der Waals surface area contributed by atoms with E-state index in [4.69, 9.17) is 9.47 Å². The van der Waals surface area contributed by atoms with E-state index in [1.165, 1.54) is 4.90 Å². The van der Waals surface area contributed by atoms with Crippen LogP contribution >= 0.6 is 0 Å². The maximum atomic E-state index is 12.4. The van der Waals surface area contributed by atoms with Gasteiger partial charge in [0, 0.05) is 4.92 Å². The standard InChI is InChI=1S/C18H20N2O6/c1-2-25-17(21)13-9-6-10-14(16(13)20(23)24)19-15(11-26-18(19)22)12-7-4-3-5-8-12/h3-8,10,13-16H,2,9,11H2,1H3/t13-,14+,15-,16-/m0/s1. The van der Waals surface area contributed by atoms with E-state index in [1.807, 2.05) is 30.3 Å². The molecule has 0 aromatic heterocycles. The quantitative estimate of drug-likeness (QED) is 0.346. The van der Waals surface area contributed by atoms with Crippen LogP contribution in [-0.2, 0) is 14.3 Å². The molecule has 1 heterocycles. The van der Waals surface area contributed by atoms with Gasteiger partial charge in [-0.25, -0.2) is 4.79 Å². The Morgan fingerprint density at radius 3 is 2.77 bits per heavy atom. The smallest absolute Gasteiger partial charge is 0.411 e. The second kappa shape index (κ2) is 7.55. The second-order valence-corrected chi connectivity index (χ2v) is 6.20. The van der Waals surface area contributed by atoms with E-state index in [2.05, 4.69) is 0 Å². The number of nitrogens with zero attached hydrogens (tertiary/aromatic N) is 2. The Morgan fingerprint density at radius 1 is 1.38 bits per heavy atom. The summed E-state index contributed by atoms with van der Waals surface area (Å²) in [6.45, 7) is 1.91. The Hall–Kier alpha value is -2.90. The Morgan fingerprint density at radius 2 is 2.12 bits per heavy atom. The predicted octanol–water partition coefficient (Wildman–Crippen LogP) is 2.33. The molecule has 8 nitrogen and oxygen atoms in total. The lowest BCUT2D eigenvalue weighted by Crippen LogP contribution is -2.54. The first-order valence-corrected chi connectivity index (χ1v) is 8.51. The van der Waals surface area contributed by atoms with Crippen molar-refractivity contribution in [1.82, 2.24) is 4.90 Å². The molecule has 2 aliphatic rings. The fraction of sp³-hybridized carbons (Fsp3) is 0.444. The van der Waals surface area contributed by atoms with Crippen molar-refractivity contribution in [2.45, 2.75) is 31.5 Å². The summed E-state index contributed by atoms with van der Waals surface area (Å²) in [7, 11) is 0. The van der Waals surface area contributed by atoms with Gasteiger partial charge in [-0.05, 0) is 18.9 Å². The number of allylic oxidation sites excluding steroid dienone is 1. The fourth-order valence-electron chi connectivity index (χ4n) is 3.56. The van der Waals surface area contributed by atoms with Crippen molar-refractivity contribution in [2.24, 2.45) is 5.92 Å². The minimum Gasteiger partial charge on any atom is -0.466 e. The zero-order valence-electron chi connectivity index (χ0n) is 14.3. The van der Waals surface area contributed by atoms with Crippen molar-refractivity contribution in [3.05, 3.63) is 58.2 Å². The van der Waals surface area contributed by atoms with Gasteiger partial charge in [0.25, 0.3) is 0 Å². The molecule has 0 unspecified atom stereocenters. The number of amides is 1. The first-order chi connectivity index (χ1) is 12.5. The summed E-state index contributed by atoms with van der Waals surface area (Å²) in [5.74, 6) is -1.56. The third kappa shape index (κ3) is 3.26. The largest absolute Gasteiger partial charge is 0.466 e. The maximum Gasteiger partial charge on any atom is 0.411 e. The van der Waals surface area contributed by atoms with Crippen molar-refractivity contribution >= 4 is 12.1 Å². The number of benzene rings is 1. The summed E-state index contributed by atoms with van der Waals surface area (Å²) in [6.07, 6.45) is 2.90. The van der Waals surface area contributed by atoms with Crippen LogP contribution < -0.4 is 0 Å². The molecule has 1 aliphatic heterocycles. The molecule has 0 spiro atoms. The van der Waals surface area contributed by atoms with Gasteiger partial charge < -0.3 is 9.47 Å². The van der Waals surface area contributed by atoms with E-state index in [9.17, 15) is 19.7 Å². The number of nitro groups is 1. The van der Waals surface area contributed by atoms with Gasteiger partial charge in [-0.3, -0.25) is 19.8 Å². The Labute approximate surface area is 150 Å². The molecule has 3 rings (SSSR count). The minimum absolute atomic E-state index is 0.113. The van der Waals surface area contributed by atoms with Crippen LogP contribution in [0, 0.1) is 16.0 Å². The highest BCUT2D eigenvalue weighted by Gasteiger charge is 2.52. The van der Waals surface area contributed by atoms with Crippen LogP contribution in [0.1, 0.15) is 24.9 Å². The highest BCUT2D eigenvalue weighted by atomic mass is 16.6. The van der Waals surface area contributed by atoms with Crippen molar-refractivity contribution in [1.29, 1.82) is 0 Å². The van der Waals surface area contributed by atoms with Crippen LogP contribution in [0.4, 0.5) is 4.79 Å². The first kappa shape index (κ1) is 17.9. The number of hydrogen-bond donors (Lipinski definition) is 0. The number of carbonyl (C=O) groups excluding carboxylic acids is 2. The molecule has 4 atom stereocenters. The third-order valence-corrected chi connectivity index (χ3v) is 4.74. The van der Waals surface area contributed by atoms with Crippen LogP contribution in [0.15, 0.2) is 42.5 Å². The molecule has 26 heavy (non-hydrogen) atoms. The molecule has 0 bridgehead atoms. The minimum atomic E-state index is -1.28. The van der Waals surface area contributed by atoms with E-state index in [-0.39, 0.29) is 19.6 Å². The second-order valence-electron chi connectivity index (χ2n) is 6.20. The summed E-state index contributed by atoms with van der Waals surface area (Å²) in [6, 6.07) is 6.60. The van der Waals surface area contributed by atoms with Crippen molar-refractivity contribution < 1.29 is 24.0 Å². The van der Waals surface area contributed by atoms with Crippen LogP contribution in [-0.4, -0.2) is 47.2 Å². The lowest BCUT2D eigenvalue weighted by atomic mass is 9.84. The lowest BCUT2D eigenvalue weighted by molar-refractivity contribution is -0.535. The summed E-state index contributed by atoms with van der Waals surface area (Å²) in [4.78, 5) is 37.2. The summed E-state index contributed by atoms with van der Waals surface area (Å²) in [5, 5.41) is 11.8. The lowest BCUT2D eigenvalue weighted by Gasteiger charge is -2.34. The number of ether oxygens (including phenoxy) is 2. The van der Waals surface area contributed by atoms with Gasteiger partial charge in [-0.15, -0.1) is 0 Å². The predicted molar refractivity (Wildman–Crippen MR) is 90.8 cm³/mol. The van der Waals surface area contributed by atoms with Crippen molar-refractivity contribution in [3.8, 4) is 0 Å². The van der Waals surface area contributed by atoms with Gasteiger partial charge in [0.15, 0.2) is 0 Å². The average Bonchev–Trinajstić information content (AvgIpc) is 3.03. The highest BCUT2D eigenvalue weighted by Crippen LogP contribution is 2.35. The molecule has 138 valence electrons. The van der Waals surface area contributed by atoms with Gasteiger partial charge in [-0.1, -0.05) is 42.5 Å². The van der Waals surface area contributed by atoms with E-state index in [0.717, 1.165) is 5.56 Å². The van der Waals surface area contributed by atoms with Crippen LogP contribution in [0.5, 0.6) is 0 Å². The van der Waals surface area contributed by atoms with Gasteiger partial charge in [0.05, 0.1) is 12.6 Å².